The Morgan fingerprint density at radius 2 is 1.86 bits per heavy atom. The van der Waals surface area contributed by atoms with Crippen molar-refractivity contribution < 1.29 is 4.74 Å². The molecule has 0 saturated carbocycles. The van der Waals surface area contributed by atoms with Crippen molar-refractivity contribution in [1.29, 1.82) is 0 Å². The molecule has 1 rings (SSSR count). The van der Waals surface area contributed by atoms with Crippen LogP contribution in [0.2, 0.25) is 5.02 Å². The minimum absolute atomic E-state index is 0. The summed E-state index contributed by atoms with van der Waals surface area (Å²) in [4.78, 5) is 0. The van der Waals surface area contributed by atoms with Gasteiger partial charge in [-0.15, -0.1) is 12.4 Å². The molecule has 1 aromatic carbocycles. The first-order chi connectivity index (χ1) is 9.35. The number of hydrogen-bond acceptors (Lipinski definition) is 2. The zero-order chi connectivity index (χ0) is 15.3. The van der Waals surface area contributed by atoms with Gasteiger partial charge < -0.3 is 10.5 Å². The largest absolute Gasteiger partial charge is 0.492 e. The Balaban J connectivity index is 0.00000400. The number of nitrogens with two attached hydrogens (primary N) is 1. The zero-order valence-corrected chi connectivity index (χ0v) is 15.4. The second kappa shape index (κ2) is 8.87. The maximum atomic E-state index is 6.44. The smallest absolute Gasteiger partial charge is 0.141 e. The highest BCUT2D eigenvalue weighted by Crippen LogP contribution is 2.37. The van der Waals surface area contributed by atoms with Crippen LogP contribution in [0.5, 0.6) is 5.75 Å². The van der Waals surface area contributed by atoms with E-state index in [-0.39, 0.29) is 23.9 Å². The lowest BCUT2D eigenvalue weighted by molar-refractivity contribution is 0.335. The van der Waals surface area contributed by atoms with Gasteiger partial charge in [-0.2, -0.15) is 0 Å². The quantitative estimate of drug-likeness (QED) is 0.750. The summed E-state index contributed by atoms with van der Waals surface area (Å²) < 4.78 is 5.73. The molecule has 1 unspecified atom stereocenters. The number of hydrogen-bond donors (Lipinski definition) is 1. The van der Waals surface area contributed by atoms with Crippen molar-refractivity contribution in [3.05, 3.63) is 28.3 Å². The molecule has 0 spiro atoms. The van der Waals surface area contributed by atoms with Gasteiger partial charge in [0.1, 0.15) is 5.75 Å². The van der Waals surface area contributed by atoms with E-state index in [0.717, 1.165) is 30.6 Å². The molecule has 21 heavy (non-hydrogen) atoms. The molecule has 0 fully saturated rings. The molecule has 2 N–H and O–H groups in total. The molecule has 0 aliphatic rings. The van der Waals surface area contributed by atoms with Gasteiger partial charge in [0.15, 0.2) is 0 Å². The van der Waals surface area contributed by atoms with Gasteiger partial charge in [-0.25, -0.2) is 0 Å². The van der Waals surface area contributed by atoms with Gasteiger partial charge in [-0.05, 0) is 48.8 Å². The van der Waals surface area contributed by atoms with Crippen LogP contribution in [0.4, 0.5) is 0 Å². The molecule has 0 aliphatic heterocycles. The summed E-state index contributed by atoms with van der Waals surface area (Å²) in [6.07, 6.45) is 2.82. The topological polar surface area (TPSA) is 35.2 Å². The van der Waals surface area contributed by atoms with E-state index in [4.69, 9.17) is 22.1 Å². The van der Waals surface area contributed by atoms with Gasteiger partial charge in [-0.3, -0.25) is 0 Å². The minimum Gasteiger partial charge on any atom is -0.492 e. The normalized spacial score (nSPS) is 12.7. The van der Waals surface area contributed by atoms with Crippen LogP contribution in [0.3, 0.4) is 0 Å². The first kappa shape index (κ1) is 20.6. The van der Waals surface area contributed by atoms with Crippen LogP contribution < -0.4 is 10.5 Å². The maximum absolute atomic E-state index is 6.44. The Labute approximate surface area is 140 Å². The molecular formula is C17H29Cl2NO. The second-order valence-corrected chi connectivity index (χ2v) is 6.40. The maximum Gasteiger partial charge on any atom is 0.141 e. The number of rotatable bonds is 7. The molecule has 0 bridgehead atoms. The summed E-state index contributed by atoms with van der Waals surface area (Å²) >= 11 is 6.44. The van der Waals surface area contributed by atoms with Crippen LogP contribution in [0, 0.1) is 0 Å². The molecule has 0 aliphatic carbocycles. The number of benzene rings is 1. The summed E-state index contributed by atoms with van der Waals surface area (Å²) in [5.41, 5.74) is 8.61. The van der Waals surface area contributed by atoms with E-state index >= 15 is 0 Å². The van der Waals surface area contributed by atoms with Crippen molar-refractivity contribution in [3.8, 4) is 5.75 Å². The fourth-order valence-corrected chi connectivity index (χ4v) is 2.42. The number of halogens is 2. The van der Waals surface area contributed by atoms with E-state index in [1.165, 1.54) is 5.56 Å². The van der Waals surface area contributed by atoms with Crippen LogP contribution in [-0.4, -0.2) is 12.6 Å². The molecule has 4 heteroatoms. The molecule has 0 aromatic heterocycles. The predicted octanol–water partition coefficient (Wildman–Crippen LogP) is 5.13. The third-order valence-electron chi connectivity index (χ3n) is 4.08. The first-order valence-electron chi connectivity index (χ1n) is 7.56. The predicted molar refractivity (Wildman–Crippen MR) is 95.2 cm³/mol. The molecule has 0 radical (unpaired) electrons. The summed E-state index contributed by atoms with van der Waals surface area (Å²) in [5, 5.41) is 0.698. The molecule has 2 nitrogen and oxygen atoms in total. The van der Waals surface area contributed by atoms with Crippen molar-refractivity contribution in [1.82, 2.24) is 0 Å². The van der Waals surface area contributed by atoms with Crippen LogP contribution in [-0.2, 0) is 11.8 Å². The molecule has 122 valence electrons. The van der Waals surface area contributed by atoms with Crippen LogP contribution >= 0.6 is 24.0 Å². The van der Waals surface area contributed by atoms with Crippen molar-refractivity contribution >= 4 is 24.0 Å². The standard InChI is InChI=1S/C17H28ClNO.ClH/c1-6-14(19)10-12-9-13(17(4,5)7-2)11-15(18)16(12)20-8-3;/h9,11,14H,6-8,10,19H2,1-5H3;1H. The SMILES string of the molecule is CCOc1c(Cl)cc(C(C)(C)CC)cc1CC(N)CC.Cl. The van der Waals surface area contributed by atoms with E-state index in [1.54, 1.807) is 0 Å². The van der Waals surface area contributed by atoms with Gasteiger partial charge in [0.05, 0.1) is 11.6 Å². The summed E-state index contributed by atoms with van der Waals surface area (Å²) in [7, 11) is 0. The Hall–Kier alpha value is -0.440. The Bertz CT molecular complexity index is 447. The Morgan fingerprint density at radius 1 is 1.24 bits per heavy atom. The van der Waals surface area contributed by atoms with Gasteiger partial charge in [0.25, 0.3) is 0 Å². The Morgan fingerprint density at radius 3 is 2.33 bits per heavy atom. The lowest BCUT2D eigenvalue weighted by Crippen LogP contribution is -2.23. The van der Waals surface area contributed by atoms with Crippen LogP contribution in [0.25, 0.3) is 0 Å². The summed E-state index contributed by atoms with van der Waals surface area (Å²) in [5.74, 6) is 0.800. The van der Waals surface area contributed by atoms with Crippen molar-refractivity contribution in [2.45, 2.75) is 65.3 Å². The average molecular weight is 334 g/mol. The van der Waals surface area contributed by atoms with E-state index < -0.39 is 0 Å². The van der Waals surface area contributed by atoms with E-state index in [9.17, 15) is 0 Å². The highest BCUT2D eigenvalue weighted by Gasteiger charge is 2.22. The third-order valence-corrected chi connectivity index (χ3v) is 4.36. The first-order valence-corrected chi connectivity index (χ1v) is 7.94. The van der Waals surface area contributed by atoms with Gasteiger partial charge in [0.2, 0.25) is 0 Å². The fourth-order valence-electron chi connectivity index (χ4n) is 2.13. The van der Waals surface area contributed by atoms with E-state index in [0.29, 0.717) is 11.6 Å². The van der Waals surface area contributed by atoms with Crippen molar-refractivity contribution in [3.63, 3.8) is 0 Å². The van der Waals surface area contributed by atoms with Crippen LogP contribution in [0.15, 0.2) is 12.1 Å². The summed E-state index contributed by atoms with van der Waals surface area (Å²) in [6.45, 7) is 11.4. The van der Waals surface area contributed by atoms with Crippen molar-refractivity contribution in [2.24, 2.45) is 5.73 Å². The molecular weight excluding hydrogens is 305 g/mol. The minimum atomic E-state index is 0. The number of ether oxygens (including phenoxy) is 1. The molecule has 1 atom stereocenters. The van der Waals surface area contributed by atoms with E-state index in [2.05, 4.69) is 33.8 Å². The highest BCUT2D eigenvalue weighted by molar-refractivity contribution is 6.32. The van der Waals surface area contributed by atoms with Gasteiger partial charge in [0, 0.05) is 6.04 Å². The van der Waals surface area contributed by atoms with Gasteiger partial charge >= 0.3 is 0 Å². The zero-order valence-electron chi connectivity index (χ0n) is 13.8. The molecule has 0 saturated heterocycles. The second-order valence-electron chi connectivity index (χ2n) is 5.99. The fraction of sp³-hybridized carbons (Fsp3) is 0.647. The lowest BCUT2D eigenvalue weighted by atomic mass is 9.81. The highest BCUT2D eigenvalue weighted by atomic mass is 35.5. The Kier molecular flexibility index (Phi) is 8.69. The van der Waals surface area contributed by atoms with Crippen molar-refractivity contribution in [2.75, 3.05) is 6.61 Å². The molecule has 0 heterocycles. The third kappa shape index (κ3) is 5.36. The van der Waals surface area contributed by atoms with E-state index in [1.807, 2.05) is 13.0 Å². The van der Waals surface area contributed by atoms with Gasteiger partial charge in [-0.1, -0.05) is 45.4 Å². The average Bonchev–Trinajstić information content (AvgIpc) is 2.42. The molecule has 1 aromatic rings. The monoisotopic (exact) mass is 333 g/mol. The lowest BCUT2D eigenvalue weighted by Gasteiger charge is -2.26. The molecule has 0 amide bonds. The summed E-state index contributed by atoms with van der Waals surface area (Å²) in [6, 6.07) is 4.40. The van der Waals surface area contributed by atoms with Crippen LogP contribution in [0.1, 0.15) is 58.6 Å².